The molecule has 1 aromatic heterocycles. The van der Waals surface area contributed by atoms with Gasteiger partial charge < -0.3 is 9.45 Å². The molecule has 1 fully saturated rings. The van der Waals surface area contributed by atoms with Crippen molar-refractivity contribution in [2.75, 3.05) is 0 Å². The number of imidazole rings is 1. The molecule has 2 atom stereocenters. The molecule has 3 rings (SSSR count). The van der Waals surface area contributed by atoms with Crippen LogP contribution in [0, 0.1) is 12.8 Å². The minimum atomic E-state index is -2.80. The summed E-state index contributed by atoms with van der Waals surface area (Å²) in [4.78, 5) is 21.1. The van der Waals surface area contributed by atoms with E-state index in [1.165, 1.54) is 0 Å². The zero-order chi connectivity index (χ0) is 20.2. The normalized spacial score (nSPS) is 20.6. The molecule has 2 aromatic rings. The molecule has 0 amide bonds. The summed E-state index contributed by atoms with van der Waals surface area (Å²) >= 11 is 0. The van der Waals surface area contributed by atoms with Crippen LogP contribution in [0.4, 0.5) is 8.78 Å². The van der Waals surface area contributed by atoms with Crippen LogP contribution in [-0.4, -0.2) is 26.7 Å². The van der Waals surface area contributed by atoms with Gasteiger partial charge in [0.25, 0.3) is 0 Å². The van der Waals surface area contributed by atoms with Crippen molar-refractivity contribution in [3.8, 4) is 0 Å². The van der Waals surface area contributed by atoms with E-state index in [1.54, 1.807) is 30.5 Å². The van der Waals surface area contributed by atoms with E-state index >= 15 is 0 Å². The number of aryl methyl sites for hydroxylation is 2. The molecule has 1 aliphatic carbocycles. The Morgan fingerprint density at radius 2 is 2.11 bits per heavy atom. The highest BCUT2D eigenvalue weighted by Gasteiger charge is 2.55. The third-order valence-corrected chi connectivity index (χ3v) is 5.98. The van der Waals surface area contributed by atoms with Crippen molar-refractivity contribution in [3.05, 3.63) is 54.1 Å². The first-order valence-corrected chi connectivity index (χ1v) is 9.66. The largest absolute Gasteiger partial charge is 0.352 e. The van der Waals surface area contributed by atoms with Gasteiger partial charge in [-0.1, -0.05) is 36.8 Å². The van der Waals surface area contributed by atoms with E-state index in [4.69, 9.17) is 0 Å². The Bertz CT molecular complexity index is 794. The van der Waals surface area contributed by atoms with E-state index in [2.05, 4.69) is 9.87 Å². The van der Waals surface area contributed by atoms with E-state index < -0.39 is 23.2 Å². The highest BCUT2D eigenvalue weighted by atomic mass is 19.3. The fourth-order valence-corrected chi connectivity index (χ4v) is 4.48. The molecular formula is C21H26F2N2O3. The molecule has 7 heteroatoms. The number of hydrogen-bond acceptors (Lipinski definition) is 4. The second-order valence-electron chi connectivity index (χ2n) is 7.64. The van der Waals surface area contributed by atoms with Crippen LogP contribution in [0.3, 0.4) is 0 Å². The number of halogens is 2. The van der Waals surface area contributed by atoms with Crippen LogP contribution < -0.4 is 0 Å². The number of benzene rings is 1. The van der Waals surface area contributed by atoms with Crippen LogP contribution >= 0.6 is 0 Å². The fourth-order valence-electron chi connectivity index (χ4n) is 4.48. The van der Waals surface area contributed by atoms with Gasteiger partial charge in [-0.2, -0.15) is 5.26 Å². The van der Waals surface area contributed by atoms with Crippen molar-refractivity contribution in [2.24, 2.45) is 5.92 Å². The third kappa shape index (κ3) is 4.09. The van der Waals surface area contributed by atoms with E-state index in [9.17, 15) is 18.8 Å². The zero-order valence-corrected chi connectivity index (χ0v) is 16.0. The molecule has 0 unspecified atom stereocenters. The van der Waals surface area contributed by atoms with Gasteiger partial charge in [-0.05, 0) is 37.7 Å². The second kappa shape index (κ2) is 8.39. The summed E-state index contributed by atoms with van der Waals surface area (Å²) in [6.07, 6.45) is 4.93. The molecule has 0 saturated heterocycles. The predicted molar refractivity (Wildman–Crippen MR) is 99.9 cm³/mol. The number of hydrogen-bond donors (Lipinski definition) is 1. The highest BCUT2D eigenvalue weighted by Crippen LogP contribution is 2.51. The first kappa shape index (κ1) is 20.5. The predicted octanol–water partition coefficient (Wildman–Crippen LogP) is 4.75. The van der Waals surface area contributed by atoms with Crippen LogP contribution in [-0.2, 0) is 21.6 Å². The summed E-state index contributed by atoms with van der Waals surface area (Å²) in [5.74, 6) is -3.33. The lowest BCUT2D eigenvalue weighted by Crippen LogP contribution is -2.44. The Kier molecular flexibility index (Phi) is 6.13. The first-order valence-electron chi connectivity index (χ1n) is 9.66. The van der Waals surface area contributed by atoms with Gasteiger partial charge in [0.1, 0.15) is 5.82 Å². The van der Waals surface area contributed by atoms with E-state index in [0.717, 1.165) is 18.8 Å². The molecule has 1 heterocycles. The zero-order valence-electron chi connectivity index (χ0n) is 16.0. The Morgan fingerprint density at radius 1 is 1.36 bits per heavy atom. The Balaban J connectivity index is 1.84. The van der Waals surface area contributed by atoms with E-state index in [1.807, 2.05) is 23.8 Å². The summed E-state index contributed by atoms with van der Waals surface area (Å²) in [5, 5.41) is 9.22. The summed E-state index contributed by atoms with van der Waals surface area (Å²) in [7, 11) is 0. The third-order valence-electron chi connectivity index (χ3n) is 5.98. The van der Waals surface area contributed by atoms with Crippen LogP contribution in [0.5, 0.6) is 0 Å². The maximum absolute atomic E-state index is 14.0. The number of alkyl halides is 2. The van der Waals surface area contributed by atoms with Gasteiger partial charge in [0.15, 0.2) is 0 Å². The van der Waals surface area contributed by atoms with Gasteiger partial charge >= 0.3 is 5.97 Å². The van der Waals surface area contributed by atoms with E-state index in [-0.39, 0.29) is 19.3 Å². The monoisotopic (exact) mass is 392 g/mol. The first-order chi connectivity index (χ1) is 13.4. The number of aromatic nitrogens is 2. The van der Waals surface area contributed by atoms with Gasteiger partial charge in [-0.3, -0.25) is 0 Å². The molecule has 0 bridgehead atoms. The molecule has 1 N–H and O–H groups in total. The van der Waals surface area contributed by atoms with E-state index in [0.29, 0.717) is 18.4 Å². The molecule has 1 saturated carbocycles. The average molecular weight is 392 g/mol. The summed E-state index contributed by atoms with van der Waals surface area (Å²) in [6.45, 7) is 2.64. The lowest BCUT2D eigenvalue weighted by Gasteiger charge is -2.36. The van der Waals surface area contributed by atoms with Crippen LogP contribution in [0.2, 0.25) is 0 Å². The van der Waals surface area contributed by atoms with Crippen molar-refractivity contribution in [1.82, 2.24) is 9.55 Å². The molecule has 5 nitrogen and oxygen atoms in total. The second-order valence-corrected chi connectivity index (χ2v) is 7.64. The molecule has 0 radical (unpaired) electrons. The summed E-state index contributed by atoms with van der Waals surface area (Å²) < 4.78 is 30.0. The molecule has 1 aromatic carbocycles. The SMILES string of the molecule is Cc1nccn1CCCC[C@](C(=O)OO)(c1ccccc1)[C@@H]1CCC(F)(F)C1. The van der Waals surface area contributed by atoms with Crippen molar-refractivity contribution < 1.29 is 23.7 Å². The number of unbranched alkanes of at least 4 members (excludes halogenated alkanes) is 1. The smallest absolute Gasteiger partial charge is 0.335 e. The number of carbonyl (C=O) groups excluding carboxylic acids is 1. The number of nitrogens with zero attached hydrogens (tertiary/aromatic N) is 2. The minimum Gasteiger partial charge on any atom is -0.335 e. The maximum Gasteiger partial charge on any atom is 0.352 e. The minimum absolute atomic E-state index is 0.220. The summed E-state index contributed by atoms with van der Waals surface area (Å²) in [5.41, 5.74) is -0.657. The van der Waals surface area contributed by atoms with Gasteiger partial charge in [0, 0.05) is 31.8 Å². The Labute approximate surface area is 163 Å². The number of rotatable bonds is 8. The quantitative estimate of drug-likeness (QED) is 0.400. The topological polar surface area (TPSA) is 64.4 Å². The molecule has 0 aliphatic heterocycles. The fraction of sp³-hybridized carbons (Fsp3) is 0.524. The van der Waals surface area contributed by atoms with Crippen molar-refractivity contribution in [2.45, 2.75) is 63.3 Å². The van der Waals surface area contributed by atoms with Gasteiger partial charge in [-0.25, -0.2) is 18.6 Å². The van der Waals surface area contributed by atoms with Crippen molar-refractivity contribution in [1.29, 1.82) is 0 Å². The van der Waals surface area contributed by atoms with Crippen LogP contribution in [0.1, 0.15) is 49.9 Å². The molecule has 28 heavy (non-hydrogen) atoms. The average Bonchev–Trinajstić information content (AvgIpc) is 3.27. The maximum atomic E-state index is 14.0. The Morgan fingerprint density at radius 3 is 2.68 bits per heavy atom. The standard InChI is InChI=1S/C21H26F2N2O3/c1-16-24-12-14-25(16)13-6-5-10-21(19(26)28-27,17-7-3-2-4-8-17)18-9-11-20(22,23)15-18/h2-4,7-8,12,14,18,27H,5-6,9-11,13,15H2,1H3/t18-,21+/m1/s1. The van der Waals surface area contributed by atoms with Crippen LogP contribution in [0.15, 0.2) is 42.7 Å². The lowest BCUT2D eigenvalue weighted by atomic mass is 9.66. The molecule has 1 aliphatic rings. The Hall–Kier alpha value is -2.28. The summed E-state index contributed by atoms with van der Waals surface area (Å²) in [6, 6.07) is 8.87. The molecule has 152 valence electrons. The van der Waals surface area contributed by atoms with Gasteiger partial charge in [-0.15, -0.1) is 0 Å². The van der Waals surface area contributed by atoms with Crippen molar-refractivity contribution in [3.63, 3.8) is 0 Å². The van der Waals surface area contributed by atoms with Gasteiger partial charge in [0.05, 0.1) is 5.41 Å². The lowest BCUT2D eigenvalue weighted by molar-refractivity contribution is -0.243. The highest BCUT2D eigenvalue weighted by molar-refractivity contribution is 5.83. The van der Waals surface area contributed by atoms with Crippen LogP contribution in [0.25, 0.3) is 0 Å². The molecular weight excluding hydrogens is 366 g/mol. The van der Waals surface area contributed by atoms with Gasteiger partial charge in [0.2, 0.25) is 5.92 Å². The van der Waals surface area contributed by atoms with Crippen molar-refractivity contribution >= 4 is 5.97 Å². The number of carbonyl (C=O) groups is 1. The molecule has 0 spiro atoms.